The third-order valence-corrected chi connectivity index (χ3v) is 2.32. The molecule has 2 nitrogen and oxygen atoms in total. The van der Waals surface area contributed by atoms with Gasteiger partial charge in [0, 0.05) is 0 Å². The number of nitrogens with zero attached hydrogens (tertiary/aromatic N) is 1. The number of aryl methyl sites for hydroxylation is 1. The molecule has 88 valence electrons. The molecule has 0 saturated heterocycles. The van der Waals surface area contributed by atoms with Gasteiger partial charge in [-0.1, -0.05) is 42.0 Å². The smallest absolute Gasteiger partial charge is 0.124 e. The zero-order valence-corrected chi connectivity index (χ0v) is 10.4. The minimum absolute atomic E-state index is 0. The molecule has 0 saturated carbocycles. The number of nitrogens with two attached hydrogens (primary N) is 1. The van der Waals surface area contributed by atoms with E-state index in [0.29, 0.717) is 5.82 Å². The van der Waals surface area contributed by atoms with Crippen LogP contribution in [0.15, 0.2) is 42.5 Å². The Morgan fingerprint density at radius 3 is 2.35 bits per heavy atom. The van der Waals surface area contributed by atoms with E-state index in [1.165, 1.54) is 5.56 Å². The summed E-state index contributed by atoms with van der Waals surface area (Å²) in [5, 5.41) is 0. The van der Waals surface area contributed by atoms with Crippen LogP contribution in [-0.2, 0) is 0 Å². The maximum atomic E-state index is 5.60. The number of benzene rings is 1. The molecule has 0 aliphatic heterocycles. The lowest BCUT2D eigenvalue weighted by Crippen LogP contribution is -1.90. The van der Waals surface area contributed by atoms with Gasteiger partial charge in [0.1, 0.15) is 5.82 Å². The van der Waals surface area contributed by atoms with Gasteiger partial charge in [-0.3, -0.25) is 0 Å². The van der Waals surface area contributed by atoms with Gasteiger partial charge >= 0.3 is 0 Å². The average molecular weight is 247 g/mol. The van der Waals surface area contributed by atoms with Crippen molar-refractivity contribution in [3.63, 3.8) is 0 Å². The molecule has 1 aromatic carbocycles. The largest absolute Gasteiger partial charge is 0.384 e. The Morgan fingerprint density at radius 2 is 1.71 bits per heavy atom. The second kappa shape index (κ2) is 6.06. The summed E-state index contributed by atoms with van der Waals surface area (Å²) in [5.74, 6) is 0.547. The van der Waals surface area contributed by atoms with Crippen LogP contribution in [0.5, 0.6) is 0 Å². The lowest BCUT2D eigenvalue weighted by atomic mass is 10.1. The van der Waals surface area contributed by atoms with Crippen molar-refractivity contribution in [2.45, 2.75) is 6.92 Å². The standard InChI is InChI=1S/C14H14N2.ClH/c1-11-5-7-12(8-6-11)9-10-13-3-2-4-14(15)16-13;/h2-10H,1H3,(H2,15,16);1H. The van der Waals surface area contributed by atoms with Gasteiger partial charge in [0.15, 0.2) is 0 Å². The maximum absolute atomic E-state index is 5.60. The van der Waals surface area contributed by atoms with Crippen molar-refractivity contribution in [2.75, 3.05) is 5.73 Å². The molecule has 0 aliphatic carbocycles. The minimum atomic E-state index is 0. The summed E-state index contributed by atoms with van der Waals surface area (Å²) in [4.78, 5) is 4.20. The van der Waals surface area contributed by atoms with E-state index in [1.54, 1.807) is 6.07 Å². The van der Waals surface area contributed by atoms with Crippen molar-refractivity contribution >= 4 is 30.4 Å². The summed E-state index contributed by atoms with van der Waals surface area (Å²) in [6, 6.07) is 14.0. The molecule has 0 bridgehead atoms. The molecule has 0 fully saturated rings. The lowest BCUT2D eigenvalue weighted by molar-refractivity contribution is 1.31. The molecule has 2 rings (SSSR count). The molecule has 2 N–H and O–H groups in total. The summed E-state index contributed by atoms with van der Waals surface area (Å²) in [7, 11) is 0. The second-order valence-electron chi connectivity index (χ2n) is 3.73. The van der Waals surface area contributed by atoms with Gasteiger partial charge in [0.05, 0.1) is 5.69 Å². The number of anilines is 1. The summed E-state index contributed by atoms with van der Waals surface area (Å²) in [6.45, 7) is 2.08. The Morgan fingerprint density at radius 1 is 1.00 bits per heavy atom. The molecule has 0 radical (unpaired) electrons. The van der Waals surface area contributed by atoms with Crippen molar-refractivity contribution in [3.8, 4) is 0 Å². The first-order valence-corrected chi connectivity index (χ1v) is 5.21. The van der Waals surface area contributed by atoms with E-state index in [9.17, 15) is 0 Å². The first-order chi connectivity index (χ1) is 7.74. The summed E-state index contributed by atoms with van der Waals surface area (Å²) < 4.78 is 0. The Labute approximate surface area is 108 Å². The number of aromatic nitrogens is 1. The van der Waals surface area contributed by atoms with E-state index in [1.807, 2.05) is 24.3 Å². The maximum Gasteiger partial charge on any atom is 0.124 e. The van der Waals surface area contributed by atoms with Gasteiger partial charge in [-0.2, -0.15) is 0 Å². The van der Waals surface area contributed by atoms with Crippen molar-refractivity contribution in [1.29, 1.82) is 0 Å². The zero-order valence-electron chi connectivity index (χ0n) is 9.63. The average Bonchev–Trinajstić information content (AvgIpc) is 2.28. The highest BCUT2D eigenvalue weighted by atomic mass is 35.5. The van der Waals surface area contributed by atoms with Crippen molar-refractivity contribution in [1.82, 2.24) is 4.98 Å². The Balaban J connectivity index is 0.00000144. The van der Waals surface area contributed by atoms with E-state index in [0.717, 1.165) is 11.3 Å². The number of pyridine rings is 1. The summed E-state index contributed by atoms with van der Waals surface area (Å²) in [5.41, 5.74) is 8.90. The molecule has 0 unspecified atom stereocenters. The highest BCUT2D eigenvalue weighted by molar-refractivity contribution is 5.85. The number of hydrogen-bond donors (Lipinski definition) is 1. The quantitative estimate of drug-likeness (QED) is 0.880. The Hall–Kier alpha value is -1.80. The molecular weight excluding hydrogens is 232 g/mol. The number of hydrogen-bond acceptors (Lipinski definition) is 2. The predicted octanol–water partition coefficient (Wildman–Crippen LogP) is 3.56. The van der Waals surface area contributed by atoms with E-state index in [2.05, 4.69) is 36.2 Å². The van der Waals surface area contributed by atoms with Crippen LogP contribution in [0.2, 0.25) is 0 Å². The first-order valence-electron chi connectivity index (χ1n) is 5.21. The molecule has 3 heteroatoms. The van der Waals surface area contributed by atoms with Gasteiger partial charge in [-0.05, 0) is 30.7 Å². The number of halogens is 1. The van der Waals surface area contributed by atoms with Gasteiger partial charge in [-0.25, -0.2) is 4.98 Å². The third kappa shape index (κ3) is 3.93. The fraction of sp³-hybridized carbons (Fsp3) is 0.0714. The normalized spacial score (nSPS) is 10.2. The van der Waals surface area contributed by atoms with Crippen LogP contribution in [0.1, 0.15) is 16.8 Å². The summed E-state index contributed by atoms with van der Waals surface area (Å²) in [6.07, 6.45) is 3.99. The third-order valence-electron chi connectivity index (χ3n) is 2.32. The fourth-order valence-electron chi connectivity index (χ4n) is 1.42. The van der Waals surface area contributed by atoms with Crippen LogP contribution in [0.4, 0.5) is 5.82 Å². The Kier molecular flexibility index (Phi) is 4.73. The first kappa shape index (κ1) is 13.3. The SMILES string of the molecule is Cc1ccc(C=Cc2cccc(N)n2)cc1.Cl. The van der Waals surface area contributed by atoms with E-state index >= 15 is 0 Å². The van der Waals surface area contributed by atoms with Crippen molar-refractivity contribution in [3.05, 3.63) is 59.3 Å². The number of rotatable bonds is 2. The van der Waals surface area contributed by atoms with E-state index in [-0.39, 0.29) is 12.4 Å². The van der Waals surface area contributed by atoms with E-state index in [4.69, 9.17) is 5.73 Å². The molecule has 17 heavy (non-hydrogen) atoms. The lowest BCUT2D eigenvalue weighted by Gasteiger charge is -1.96. The minimum Gasteiger partial charge on any atom is -0.384 e. The number of nitrogen functional groups attached to an aromatic ring is 1. The highest BCUT2D eigenvalue weighted by Gasteiger charge is 1.90. The molecular formula is C14H15ClN2. The van der Waals surface area contributed by atoms with Crippen molar-refractivity contribution < 1.29 is 0 Å². The fourth-order valence-corrected chi connectivity index (χ4v) is 1.42. The molecule has 0 amide bonds. The zero-order chi connectivity index (χ0) is 11.4. The van der Waals surface area contributed by atoms with E-state index < -0.39 is 0 Å². The Bertz CT molecular complexity index is 504. The topological polar surface area (TPSA) is 38.9 Å². The molecule has 1 aromatic heterocycles. The molecule has 0 spiro atoms. The molecule has 0 atom stereocenters. The van der Waals surface area contributed by atoms with Crippen LogP contribution < -0.4 is 5.73 Å². The van der Waals surface area contributed by atoms with Crippen LogP contribution in [0, 0.1) is 6.92 Å². The van der Waals surface area contributed by atoms with Crippen molar-refractivity contribution in [2.24, 2.45) is 0 Å². The molecule has 0 aliphatic rings. The molecule has 2 aromatic rings. The van der Waals surface area contributed by atoms with Crippen LogP contribution >= 0.6 is 12.4 Å². The summed E-state index contributed by atoms with van der Waals surface area (Å²) >= 11 is 0. The molecule has 1 heterocycles. The predicted molar refractivity (Wildman–Crippen MR) is 76.0 cm³/mol. The highest BCUT2D eigenvalue weighted by Crippen LogP contribution is 2.08. The van der Waals surface area contributed by atoms with Gasteiger partial charge in [0.25, 0.3) is 0 Å². The van der Waals surface area contributed by atoms with Gasteiger partial charge in [0.2, 0.25) is 0 Å². The second-order valence-corrected chi connectivity index (χ2v) is 3.73. The van der Waals surface area contributed by atoms with Crippen LogP contribution in [0.3, 0.4) is 0 Å². The van der Waals surface area contributed by atoms with Crippen LogP contribution in [0.25, 0.3) is 12.2 Å². The monoisotopic (exact) mass is 246 g/mol. The van der Waals surface area contributed by atoms with Crippen LogP contribution in [-0.4, -0.2) is 4.98 Å². The van der Waals surface area contributed by atoms with Gasteiger partial charge in [-0.15, -0.1) is 12.4 Å². The van der Waals surface area contributed by atoms with Gasteiger partial charge < -0.3 is 5.73 Å².